The van der Waals surface area contributed by atoms with Crippen LogP contribution >= 0.6 is 0 Å². The zero-order valence-corrected chi connectivity index (χ0v) is 11.6. The summed E-state index contributed by atoms with van der Waals surface area (Å²) in [5, 5.41) is 0. The lowest BCUT2D eigenvalue weighted by Crippen LogP contribution is -2.28. The van der Waals surface area contributed by atoms with Crippen molar-refractivity contribution in [1.29, 1.82) is 0 Å². The Morgan fingerprint density at radius 1 is 1.32 bits per heavy atom. The van der Waals surface area contributed by atoms with E-state index in [1.165, 1.54) is 0 Å². The average molecular weight is 264 g/mol. The van der Waals surface area contributed by atoms with Gasteiger partial charge < -0.3 is 14.2 Å². The summed E-state index contributed by atoms with van der Waals surface area (Å²) in [5.41, 5.74) is -0.460. The highest BCUT2D eigenvalue weighted by molar-refractivity contribution is 5.78. The Kier molecular flexibility index (Phi) is 4.10. The van der Waals surface area contributed by atoms with Crippen molar-refractivity contribution in [3.63, 3.8) is 0 Å². The number of esters is 1. The normalized spacial score (nSPS) is 17.9. The van der Waals surface area contributed by atoms with Gasteiger partial charge in [-0.15, -0.1) is 0 Å². The van der Waals surface area contributed by atoms with E-state index >= 15 is 0 Å². The lowest BCUT2D eigenvalue weighted by molar-refractivity contribution is -0.144. The monoisotopic (exact) mass is 264 g/mol. The number of carbonyl (C=O) groups excluding carboxylic acids is 1. The van der Waals surface area contributed by atoms with Gasteiger partial charge in [-0.3, -0.25) is 4.79 Å². The quantitative estimate of drug-likeness (QED) is 0.450. The van der Waals surface area contributed by atoms with Crippen molar-refractivity contribution in [3.05, 3.63) is 24.3 Å². The van der Waals surface area contributed by atoms with Crippen molar-refractivity contribution in [2.75, 3.05) is 13.2 Å². The van der Waals surface area contributed by atoms with Crippen LogP contribution in [0.4, 0.5) is 0 Å². The Bertz CT molecular complexity index is 432. The molecule has 4 heteroatoms. The molecule has 1 heterocycles. The number of benzene rings is 1. The molecule has 4 nitrogen and oxygen atoms in total. The fourth-order valence-corrected chi connectivity index (χ4v) is 1.35. The molecule has 1 aliphatic heterocycles. The Morgan fingerprint density at radius 2 is 1.89 bits per heavy atom. The molecule has 0 aromatic heterocycles. The van der Waals surface area contributed by atoms with Crippen LogP contribution in [0.25, 0.3) is 0 Å². The molecule has 104 valence electrons. The second-order valence-corrected chi connectivity index (χ2v) is 5.36. The van der Waals surface area contributed by atoms with Gasteiger partial charge in [-0.1, -0.05) is 6.92 Å². The molecular formula is C15H20O4. The molecule has 19 heavy (non-hydrogen) atoms. The fraction of sp³-hybridized carbons (Fsp3) is 0.533. The lowest BCUT2D eigenvalue weighted by atomic mass is 9.91. The summed E-state index contributed by atoms with van der Waals surface area (Å²) in [4.78, 5) is 11.9. The maximum atomic E-state index is 11.9. The van der Waals surface area contributed by atoms with E-state index in [0.717, 1.165) is 18.8 Å². The Hall–Kier alpha value is -1.55. The molecule has 1 fully saturated rings. The van der Waals surface area contributed by atoms with Gasteiger partial charge in [0.15, 0.2) is 0 Å². The SMILES string of the molecule is CCC(C)(C)C(=O)Oc1ccc(OCC2CO2)cc1. The molecule has 1 aromatic carbocycles. The van der Waals surface area contributed by atoms with Gasteiger partial charge >= 0.3 is 5.97 Å². The van der Waals surface area contributed by atoms with Crippen molar-refractivity contribution < 1.29 is 19.0 Å². The topological polar surface area (TPSA) is 48.1 Å². The summed E-state index contributed by atoms with van der Waals surface area (Å²) in [6, 6.07) is 7.08. The van der Waals surface area contributed by atoms with Crippen LogP contribution in [0.1, 0.15) is 27.2 Å². The first-order valence-electron chi connectivity index (χ1n) is 6.58. The molecule has 1 saturated heterocycles. The van der Waals surface area contributed by atoms with Gasteiger partial charge in [0.2, 0.25) is 0 Å². The standard InChI is InChI=1S/C15H20O4/c1-4-15(2,3)14(16)19-12-7-5-11(6-8-12)17-9-13-10-18-13/h5-8,13H,4,9-10H2,1-3H3. The summed E-state index contributed by atoms with van der Waals surface area (Å²) < 4.78 is 15.9. The van der Waals surface area contributed by atoms with Crippen LogP contribution in [0.15, 0.2) is 24.3 Å². The molecule has 1 aromatic rings. The Labute approximate surface area is 113 Å². The molecule has 2 rings (SSSR count). The van der Waals surface area contributed by atoms with Crippen molar-refractivity contribution >= 4 is 5.97 Å². The minimum Gasteiger partial charge on any atom is -0.491 e. The van der Waals surface area contributed by atoms with Crippen LogP contribution in [0.2, 0.25) is 0 Å². The molecule has 0 amide bonds. The number of carbonyl (C=O) groups is 1. The number of ether oxygens (including phenoxy) is 3. The third-order valence-corrected chi connectivity index (χ3v) is 3.31. The first kappa shape index (κ1) is 13.9. The van der Waals surface area contributed by atoms with Gasteiger partial charge in [-0.25, -0.2) is 0 Å². The second-order valence-electron chi connectivity index (χ2n) is 5.36. The first-order valence-corrected chi connectivity index (χ1v) is 6.58. The van der Waals surface area contributed by atoms with Crippen molar-refractivity contribution in [3.8, 4) is 11.5 Å². The van der Waals surface area contributed by atoms with Crippen LogP contribution in [-0.2, 0) is 9.53 Å². The summed E-state index contributed by atoms with van der Waals surface area (Å²) in [5.74, 6) is 1.08. The molecule has 0 radical (unpaired) electrons. The highest BCUT2D eigenvalue weighted by Crippen LogP contribution is 2.25. The minimum absolute atomic E-state index is 0.213. The second kappa shape index (κ2) is 5.61. The van der Waals surface area contributed by atoms with Gasteiger partial charge in [0.1, 0.15) is 24.2 Å². The Morgan fingerprint density at radius 3 is 2.42 bits per heavy atom. The summed E-state index contributed by atoms with van der Waals surface area (Å²) in [6.45, 7) is 7.08. The Balaban J connectivity index is 1.88. The minimum atomic E-state index is -0.460. The van der Waals surface area contributed by atoms with Crippen LogP contribution in [0.3, 0.4) is 0 Å². The van der Waals surface area contributed by atoms with Crippen molar-refractivity contribution in [2.24, 2.45) is 5.41 Å². The van der Waals surface area contributed by atoms with E-state index in [1.807, 2.05) is 20.8 Å². The summed E-state index contributed by atoms with van der Waals surface area (Å²) >= 11 is 0. The van der Waals surface area contributed by atoms with Crippen LogP contribution in [0, 0.1) is 5.41 Å². The first-order chi connectivity index (χ1) is 9.01. The number of hydrogen-bond acceptors (Lipinski definition) is 4. The molecule has 0 bridgehead atoms. The average Bonchev–Trinajstić information content (AvgIpc) is 3.22. The molecule has 1 unspecified atom stereocenters. The zero-order chi connectivity index (χ0) is 13.9. The molecule has 0 N–H and O–H groups in total. The molecule has 1 atom stereocenters. The highest BCUT2D eigenvalue weighted by atomic mass is 16.6. The number of hydrogen-bond donors (Lipinski definition) is 0. The number of epoxide rings is 1. The summed E-state index contributed by atoms with van der Waals surface area (Å²) in [6.07, 6.45) is 0.983. The van der Waals surface area contributed by atoms with Gasteiger partial charge in [0.05, 0.1) is 12.0 Å². The third kappa shape index (κ3) is 3.96. The highest BCUT2D eigenvalue weighted by Gasteiger charge is 2.27. The number of rotatable bonds is 6. The van der Waals surface area contributed by atoms with Gasteiger partial charge in [0.25, 0.3) is 0 Å². The van der Waals surface area contributed by atoms with E-state index in [-0.39, 0.29) is 12.1 Å². The van der Waals surface area contributed by atoms with Gasteiger partial charge in [-0.05, 0) is 44.5 Å². The predicted molar refractivity (Wildman–Crippen MR) is 71.4 cm³/mol. The van der Waals surface area contributed by atoms with Crippen LogP contribution in [-0.4, -0.2) is 25.3 Å². The maximum absolute atomic E-state index is 11.9. The smallest absolute Gasteiger partial charge is 0.316 e. The van der Waals surface area contributed by atoms with E-state index < -0.39 is 5.41 Å². The van der Waals surface area contributed by atoms with E-state index in [9.17, 15) is 4.79 Å². The van der Waals surface area contributed by atoms with Gasteiger partial charge in [-0.2, -0.15) is 0 Å². The predicted octanol–water partition coefficient (Wildman–Crippen LogP) is 2.81. The summed E-state index contributed by atoms with van der Waals surface area (Å²) in [7, 11) is 0. The molecule has 0 aliphatic carbocycles. The third-order valence-electron chi connectivity index (χ3n) is 3.31. The molecular weight excluding hydrogens is 244 g/mol. The lowest BCUT2D eigenvalue weighted by Gasteiger charge is -2.20. The molecule has 0 saturated carbocycles. The molecule has 0 spiro atoms. The fourth-order valence-electron chi connectivity index (χ4n) is 1.35. The van der Waals surface area contributed by atoms with Crippen LogP contribution in [0.5, 0.6) is 11.5 Å². The van der Waals surface area contributed by atoms with Crippen molar-refractivity contribution in [1.82, 2.24) is 0 Å². The van der Waals surface area contributed by atoms with E-state index in [0.29, 0.717) is 12.4 Å². The largest absolute Gasteiger partial charge is 0.491 e. The van der Waals surface area contributed by atoms with E-state index in [2.05, 4.69) is 0 Å². The maximum Gasteiger partial charge on any atom is 0.316 e. The van der Waals surface area contributed by atoms with Crippen LogP contribution < -0.4 is 9.47 Å². The molecule has 1 aliphatic rings. The zero-order valence-electron chi connectivity index (χ0n) is 11.6. The van der Waals surface area contributed by atoms with E-state index in [4.69, 9.17) is 14.2 Å². The van der Waals surface area contributed by atoms with Gasteiger partial charge in [0, 0.05) is 0 Å². The van der Waals surface area contributed by atoms with E-state index in [1.54, 1.807) is 24.3 Å². The van der Waals surface area contributed by atoms with Crippen molar-refractivity contribution in [2.45, 2.75) is 33.3 Å².